The predicted octanol–water partition coefficient (Wildman–Crippen LogP) is 1.56. The van der Waals surface area contributed by atoms with Crippen LogP contribution in [0.2, 0.25) is 5.02 Å². The van der Waals surface area contributed by atoms with E-state index in [-0.39, 0.29) is 36.8 Å². The minimum atomic E-state index is -0.275. The molecule has 150 valence electrons. The second-order valence-electron chi connectivity index (χ2n) is 6.58. The van der Waals surface area contributed by atoms with Crippen LogP contribution in [0.1, 0.15) is 25.6 Å². The second kappa shape index (κ2) is 9.16. The van der Waals surface area contributed by atoms with Gasteiger partial charge in [-0.25, -0.2) is 4.98 Å². The number of aromatic nitrogens is 2. The molecule has 1 N–H and O–H groups in total. The summed E-state index contributed by atoms with van der Waals surface area (Å²) in [6.07, 6.45) is 0.278. The molecule has 0 radical (unpaired) electrons. The highest BCUT2D eigenvalue weighted by Crippen LogP contribution is 2.15. The van der Waals surface area contributed by atoms with E-state index in [2.05, 4.69) is 9.97 Å². The first-order valence-electron chi connectivity index (χ1n) is 9.29. The van der Waals surface area contributed by atoms with Crippen molar-refractivity contribution >= 4 is 34.3 Å². The number of nitrogens with one attached hydrogen (secondary N) is 1. The molecule has 8 nitrogen and oxygen atoms in total. The van der Waals surface area contributed by atoms with Crippen molar-refractivity contribution in [1.82, 2.24) is 19.8 Å². The Kier molecular flexibility index (Phi) is 6.64. The molecule has 1 saturated heterocycles. The fourth-order valence-electron chi connectivity index (χ4n) is 3.14. The number of ether oxygens (including phenoxy) is 1. The van der Waals surface area contributed by atoms with Gasteiger partial charge in [-0.05, 0) is 25.1 Å². The molecule has 2 amide bonds. The van der Waals surface area contributed by atoms with Crippen molar-refractivity contribution in [2.45, 2.75) is 26.3 Å². The minimum Gasteiger partial charge on any atom is -0.378 e. The first-order chi connectivity index (χ1) is 13.5. The quantitative estimate of drug-likeness (QED) is 0.785. The zero-order valence-electron chi connectivity index (χ0n) is 15.7. The number of amides is 2. The summed E-state index contributed by atoms with van der Waals surface area (Å²) >= 11 is 5.98. The van der Waals surface area contributed by atoms with Gasteiger partial charge < -0.3 is 19.5 Å². The van der Waals surface area contributed by atoms with Gasteiger partial charge in [0, 0.05) is 37.5 Å². The molecule has 9 heteroatoms. The maximum Gasteiger partial charge on any atom is 0.258 e. The van der Waals surface area contributed by atoms with Crippen molar-refractivity contribution < 1.29 is 14.3 Å². The molecule has 2 aromatic rings. The van der Waals surface area contributed by atoms with Gasteiger partial charge in [0.05, 0.1) is 30.7 Å². The summed E-state index contributed by atoms with van der Waals surface area (Å²) in [6.45, 7) is 4.65. The van der Waals surface area contributed by atoms with Crippen LogP contribution in [0, 0.1) is 0 Å². The SMILES string of the molecule is CCN(Cc1nc2cc(Cl)ccc2c(=O)[nH]1)C(=O)CCC(=O)N1CCOCC1. The Morgan fingerprint density at radius 3 is 2.75 bits per heavy atom. The Bertz CT molecular complexity index is 924. The first-order valence-corrected chi connectivity index (χ1v) is 9.67. The summed E-state index contributed by atoms with van der Waals surface area (Å²) in [4.78, 5) is 47.4. The van der Waals surface area contributed by atoms with E-state index in [1.807, 2.05) is 6.92 Å². The van der Waals surface area contributed by atoms with Crippen molar-refractivity contribution in [2.75, 3.05) is 32.8 Å². The molecule has 1 aromatic heterocycles. The van der Waals surface area contributed by atoms with Gasteiger partial charge >= 0.3 is 0 Å². The second-order valence-corrected chi connectivity index (χ2v) is 7.01. The lowest BCUT2D eigenvalue weighted by Gasteiger charge is -2.27. The highest BCUT2D eigenvalue weighted by atomic mass is 35.5. The van der Waals surface area contributed by atoms with Crippen molar-refractivity contribution in [3.8, 4) is 0 Å². The third-order valence-electron chi connectivity index (χ3n) is 4.71. The maximum atomic E-state index is 12.6. The summed E-state index contributed by atoms with van der Waals surface area (Å²) in [7, 11) is 0. The molecule has 2 heterocycles. The van der Waals surface area contributed by atoms with Gasteiger partial charge in [0.2, 0.25) is 11.8 Å². The Hall–Kier alpha value is -2.45. The van der Waals surface area contributed by atoms with Gasteiger partial charge in [0.25, 0.3) is 5.56 Å². The number of carbonyl (C=O) groups is 2. The monoisotopic (exact) mass is 406 g/mol. The highest BCUT2D eigenvalue weighted by molar-refractivity contribution is 6.31. The van der Waals surface area contributed by atoms with Crippen LogP contribution in [0.3, 0.4) is 0 Å². The number of rotatable bonds is 6. The molecule has 0 spiro atoms. The molecule has 0 saturated carbocycles. The Balaban J connectivity index is 1.64. The normalized spacial score (nSPS) is 14.3. The van der Waals surface area contributed by atoms with Crippen LogP contribution in [-0.2, 0) is 20.9 Å². The van der Waals surface area contributed by atoms with Crippen LogP contribution >= 0.6 is 11.6 Å². The summed E-state index contributed by atoms with van der Waals surface area (Å²) in [5.74, 6) is 0.187. The molecule has 0 unspecified atom stereocenters. The largest absolute Gasteiger partial charge is 0.378 e. The third kappa shape index (κ3) is 4.88. The lowest BCUT2D eigenvalue weighted by Crippen LogP contribution is -2.41. The van der Waals surface area contributed by atoms with Crippen LogP contribution in [0.15, 0.2) is 23.0 Å². The Morgan fingerprint density at radius 1 is 1.29 bits per heavy atom. The molecular formula is C19H23ClN4O4. The summed E-state index contributed by atoms with van der Waals surface area (Å²) < 4.78 is 5.23. The van der Waals surface area contributed by atoms with Crippen LogP contribution in [0.25, 0.3) is 10.9 Å². The van der Waals surface area contributed by atoms with Gasteiger partial charge in [0.15, 0.2) is 0 Å². The lowest BCUT2D eigenvalue weighted by atomic mass is 10.2. The number of fused-ring (bicyclic) bond motifs is 1. The van der Waals surface area contributed by atoms with Gasteiger partial charge in [0.1, 0.15) is 5.82 Å². The molecule has 0 atom stereocenters. The fourth-order valence-corrected chi connectivity index (χ4v) is 3.30. The number of nitrogens with zero attached hydrogens (tertiary/aromatic N) is 3. The average Bonchev–Trinajstić information content (AvgIpc) is 2.70. The van der Waals surface area contributed by atoms with Crippen LogP contribution in [-0.4, -0.2) is 64.4 Å². The van der Waals surface area contributed by atoms with E-state index in [1.165, 1.54) is 0 Å². The zero-order valence-corrected chi connectivity index (χ0v) is 16.5. The lowest BCUT2D eigenvalue weighted by molar-refractivity contribution is -0.139. The van der Waals surface area contributed by atoms with Crippen LogP contribution < -0.4 is 5.56 Å². The number of halogens is 1. The van der Waals surface area contributed by atoms with E-state index in [0.717, 1.165) is 0 Å². The van der Waals surface area contributed by atoms with E-state index in [9.17, 15) is 14.4 Å². The van der Waals surface area contributed by atoms with Crippen molar-refractivity contribution in [2.24, 2.45) is 0 Å². The van der Waals surface area contributed by atoms with E-state index in [4.69, 9.17) is 16.3 Å². The molecule has 3 rings (SSSR count). The van der Waals surface area contributed by atoms with Crippen molar-refractivity contribution in [3.05, 3.63) is 39.4 Å². The highest BCUT2D eigenvalue weighted by Gasteiger charge is 2.20. The number of morpholine rings is 1. The Morgan fingerprint density at radius 2 is 2.04 bits per heavy atom. The number of carbonyl (C=O) groups excluding carboxylic acids is 2. The molecule has 1 aromatic carbocycles. The smallest absolute Gasteiger partial charge is 0.258 e. The van der Waals surface area contributed by atoms with Gasteiger partial charge in [-0.15, -0.1) is 0 Å². The van der Waals surface area contributed by atoms with E-state index in [1.54, 1.807) is 28.0 Å². The molecule has 0 bridgehead atoms. The zero-order chi connectivity index (χ0) is 20.1. The van der Waals surface area contributed by atoms with Crippen LogP contribution in [0.4, 0.5) is 0 Å². The average molecular weight is 407 g/mol. The molecule has 1 fully saturated rings. The number of hydrogen-bond acceptors (Lipinski definition) is 5. The number of aromatic amines is 1. The molecule has 0 aliphatic carbocycles. The summed E-state index contributed by atoms with van der Waals surface area (Å²) in [5, 5.41) is 0.931. The summed E-state index contributed by atoms with van der Waals surface area (Å²) in [6, 6.07) is 4.87. The van der Waals surface area contributed by atoms with Gasteiger partial charge in [-0.1, -0.05) is 11.6 Å². The standard InChI is InChI=1S/C19H23ClN4O4/c1-2-23(17(25)5-6-18(26)24-7-9-28-10-8-24)12-16-21-15-11-13(20)3-4-14(15)19(27)22-16/h3-4,11H,2,5-10,12H2,1H3,(H,21,22,27). The van der Waals surface area contributed by atoms with Crippen LogP contribution in [0.5, 0.6) is 0 Å². The predicted molar refractivity (Wildman–Crippen MR) is 105 cm³/mol. The van der Waals surface area contributed by atoms with Gasteiger partial charge in [-0.3, -0.25) is 14.4 Å². The van der Waals surface area contributed by atoms with E-state index in [0.29, 0.717) is 54.6 Å². The van der Waals surface area contributed by atoms with E-state index >= 15 is 0 Å². The maximum absolute atomic E-state index is 12.6. The third-order valence-corrected chi connectivity index (χ3v) is 4.94. The Labute approximate surface area is 167 Å². The first kappa shape index (κ1) is 20.3. The molecular weight excluding hydrogens is 384 g/mol. The molecule has 1 aliphatic rings. The topological polar surface area (TPSA) is 95.6 Å². The van der Waals surface area contributed by atoms with Crippen molar-refractivity contribution in [3.63, 3.8) is 0 Å². The number of benzene rings is 1. The van der Waals surface area contributed by atoms with Crippen molar-refractivity contribution in [1.29, 1.82) is 0 Å². The minimum absolute atomic E-state index is 0.0421. The number of H-pyrrole nitrogens is 1. The number of hydrogen-bond donors (Lipinski definition) is 1. The van der Waals surface area contributed by atoms with E-state index < -0.39 is 0 Å². The summed E-state index contributed by atoms with van der Waals surface area (Å²) in [5.41, 5.74) is 0.208. The fraction of sp³-hybridized carbons (Fsp3) is 0.474. The molecule has 28 heavy (non-hydrogen) atoms. The molecule has 1 aliphatic heterocycles. The van der Waals surface area contributed by atoms with Gasteiger partial charge in [-0.2, -0.15) is 0 Å².